The molecule has 23 heavy (non-hydrogen) atoms. The summed E-state index contributed by atoms with van der Waals surface area (Å²) in [4.78, 5) is 13.2. The van der Waals surface area contributed by atoms with Crippen molar-refractivity contribution in [2.45, 2.75) is 19.3 Å². The summed E-state index contributed by atoms with van der Waals surface area (Å²) < 4.78 is 0. The Morgan fingerprint density at radius 2 is 2.09 bits per heavy atom. The molecule has 0 spiro atoms. The molecule has 1 aromatic carbocycles. The first-order valence-corrected chi connectivity index (χ1v) is 8.84. The van der Waals surface area contributed by atoms with E-state index in [9.17, 15) is 4.79 Å². The second-order valence-electron chi connectivity index (χ2n) is 5.79. The zero-order valence-electron chi connectivity index (χ0n) is 13.1. The predicted octanol–water partition coefficient (Wildman–Crippen LogP) is 3.96. The number of halogens is 1. The molecule has 5 heteroatoms. The molecular formula is C18H23ClN2OS. The van der Waals surface area contributed by atoms with Crippen LogP contribution in [0.3, 0.4) is 0 Å². The Morgan fingerprint density at radius 1 is 1.26 bits per heavy atom. The van der Waals surface area contributed by atoms with Crippen LogP contribution >= 0.6 is 23.7 Å². The molecule has 1 fully saturated rings. The first-order valence-electron chi connectivity index (χ1n) is 7.96. The minimum Gasteiger partial charge on any atom is -0.351 e. The SMILES string of the molecule is Cl.O=C(NCCC1CCCNC1)c1sccc1-c1ccccc1. The highest BCUT2D eigenvalue weighted by atomic mass is 35.5. The lowest BCUT2D eigenvalue weighted by Gasteiger charge is -2.22. The van der Waals surface area contributed by atoms with Crippen LogP contribution in [0.5, 0.6) is 0 Å². The Labute approximate surface area is 147 Å². The number of piperidine rings is 1. The van der Waals surface area contributed by atoms with Crippen molar-refractivity contribution in [3.8, 4) is 11.1 Å². The Balaban J connectivity index is 0.00000192. The topological polar surface area (TPSA) is 41.1 Å². The molecule has 0 aliphatic carbocycles. The van der Waals surface area contributed by atoms with E-state index >= 15 is 0 Å². The molecule has 1 amide bonds. The van der Waals surface area contributed by atoms with Crippen LogP contribution in [-0.2, 0) is 0 Å². The van der Waals surface area contributed by atoms with Crippen molar-refractivity contribution < 1.29 is 4.79 Å². The van der Waals surface area contributed by atoms with Gasteiger partial charge in [0.1, 0.15) is 0 Å². The van der Waals surface area contributed by atoms with Crippen molar-refractivity contribution in [1.82, 2.24) is 10.6 Å². The highest BCUT2D eigenvalue weighted by molar-refractivity contribution is 7.12. The van der Waals surface area contributed by atoms with Crippen molar-refractivity contribution in [2.24, 2.45) is 5.92 Å². The van der Waals surface area contributed by atoms with Crippen LogP contribution in [0.2, 0.25) is 0 Å². The highest BCUT2D eigenvalue weighted by Crippen LogP contribution is 2.28. The quantitative estimate of drug-likeness (QED) is 0.857. The molecule has 1 saturated heterocycles. The Bertz CT molecular complexity index is 608. The van der Waals surface area contributed by atoms with E-state index in [-0.39, 0.29) is 18.3 Å². The second-order valence-corrected chi connectivity index (χ2v) is 6.70. The standard InChI is InChI=1S/C18H22N2OS.ClH/c21-18(20-11-8-14-5-4-10-19-13-14)17-16(9-12-22-17)15-6-2-1-3-7-15;/h1-3,6-7,9,12,14,19H,4-5,8,10-11,13H2,(H,20,21);1H. The monoisotopic (exact) mass is 350 g/mol. The van der Waals surface area contributed by atoms with Gasteiger partial charge in [0.15, 0.2) is 0 Å². The molecule has 3 nitrogen and oxygen atoms in total. The number of nitrogens with one attached hydrogen (secondary N) is 2. The van der Waals surface area contributed by atoms with Gasteiger partial charge in [-0.15, -0.1) is 23.7 Å². The van der Waals surface area contributed by atoms with Gasteiger partial charge in [-0.1, -0.05) is 30.3 Å². The summed E-state index contributed by atoms with van der Waals surface area (Å²) >= 11 is 1.51. The van der Waals surface area contributed by atoms with Gasteiger partial charge in [0, 0.05) is 12.1 Å². The van der Waals surface area contributed by atoms with Crippen LogP contribution in [0.15, 0.2) is 41.8 Å². The van der Waals surface area contributed by atoms with Gasteiger partial charge >= 0.3 is 0 Å². The number of benzene rings is 1. The molecule has 124 valence electrons. The van der Waals surface area contributed by atoms with Crippen molar-refractivity contribution in [2.75, 3.05) is 19.6 Å². The fourth-order valence-electron chi connectivity index (χ4n) is 2.97. The van der Waals surface area contributed by atoms with Gasteiger partial charge < -0.3 is 10.6 Å². The molecule has 1 aliphatic rings. The first kappa shape index (κ1) is 18.0. The van der Waals surface area contributed by atoms with Crippen LogP contribution in [0.1, 0.15) is 28.9 Å². The number of carbonyl (C=O) groups is 1. The minimum atomic E-state index is 0. The Hall–Kier alpha value is -1.36. The molecule has 2 heterocycles. The fraction of sp³-hybridized carbons (Fsp3) is 0.389. The molecule has 1 atom stereocenters. The average molecular weight is 351 g/mol. The summed E-state index contributed by atoms with van der Waals surface area (Å²) in [6.45, 7) is 2.99. The lowest BCUT2D eigenvalue weighted by atomic mass is 9.96. The smallest absolute Gasteiger partial charge is 0.261 e. The van der Waals surface area contributed by atoms with Crippen molar-refractivity contribution in [3.05, 3.63) is 46.7 Å². The normalized spacial score (nSPS) is 17.3. The van der Waals surface area contributed by atoms with Crippen LogP contribution in [0.25, 0.3) is 11.1 Å². The minimum absolute atomic E-state index is 0. The number of amides is 1. The van der Waals surface area contributed by atoms with Gasteiger partial charge in [0.25, 0.3) is 5.91 Å². The largest absolute Gasteiger partial charge is 0.351 e. The summed E-state index contributed by atoms with van der Waals surface area (Å²) in [5, 5.41) is 8.50. The average Bonchev–Trinajstić information content (AvgIpc) is 3.06. The maximum Gasteiger partial charge on any atom is 0.261 e. The number of hydrogen-bond acceptors (Lipinski definition) is 3. The van der Waals surface area contributed by atoms with E-state index in [1.165, 1.54) is 24.2 Å². The molecule has 0 saturated carbocycles. The lowest BCUT2D eigenvalue weighted by molar-refractivity contribution is 0.0955. The molecule has 2 N–H and O–H groups in total. The van der Waals surface area contributed by atoms with Crippen molar-refractivity contribution >= 4 is 29.7 Å². The molecule has 1 aliphatic heterocycles. The molecule has 1 aromatic heterocycles. The van der Waals surface area contributed by atoms with Crippen molar-refractivity contribution in [1.29, 1.82) is 0 Å². The molecule has 2 aromatic rings. The van der Waals surface area contributed by atoms with Gasteiger partial charge in [-0.2, -0.15) is 0 Å². The van der Waals surface area contributed by atoms with Gasteiger partial charge in [-0.25, -0.2) is 0 Å². The van der Waals surface area contributed by atoms with E-state index in [0.717, 1.165) is 42.1 Å². The Morgan fingerprint density at radius 3 is 2.83 bits per heavy atom. The number of thiophene rings is 1. The van der Waals surface area contributed by atoms with Gasteiger partial charge in [-0.3, -0.25) is 4.79 Å². The van der Waals surface area contributed by atoms with Crippen LogP contribution in [0.4, 0.5) is 0 Å². The van der Waals surface area contributed by atoms with E-state index in [4.69, 9.17) is 0 Å². The molecule has 0 bridgehead atoms. The summed E-state index contributed by atoms with van der Waals surface area (Å²) in [7, 11) is 0. The molecular weight excluding hydrogens is 328 g/mol. The fourth-order valence-corrected chi connectivity index (χ4v) is 3.80. The van der Waals surface area contributed by atoms with E-state index in [1.54, 1.807) is 0 Å². The summed E-state index contributed by atoms with van der Waals surface area (Å²) in [5.74, 6) is 0.753. The van der Waals surface area contributed by atoms with Crippen molar-refractivity contribution in [3.63, 3.8) is 0 Å². The lowest BCUT2D eigenvalue weighted by Crippen LogP contribution is -2.33. The third-order valence-corrected chi connectivity index (χ3v) is 5.11. The molecule has 1 unspecified atom stereocenters. The van der Waals surface area contributed by atoms with Crippen LogP contribution in [0, 0.1) is 5.92 Å². The van der Waals surface area contributed by atoms with E-state index in [0.29, 0.717) is 5.92 Å². The highest BCUT2D eigenvalue weighted by Gasteiger charge is 2.16. The first-order chi connectivity index (χ1) is 10.8. The third kappa shape index (κ3) is 4.80. The summed E-state index contributed by atoms with van der Waals surface area (Å²) in [5.41, 5.74) is 2.13. The molecule has 0 radical (unpaired) electrons. The van der Waals surface area contributed by atoms with E-state index < -0.39 is 0 Å². The zero-order valence-corrected chi connectivity index (χ0v) is 14.7. The number of rotatable bonds is 5. The maximum absolute atomic E-state index is 12.4. The van der Waals surface area contributed by atoms with E-state index in [2.05, 4.69) is 10.6 Å². The predicted molar refractivity (Wildman–Crippen MR) is 99.5 cm³/mol. The maximum atomic E-state index is 12.4. The van der Waals surface area contributed by atoms with Crippen LogP contribution in [-0.4, -0.2) is 25.5 Å². The Kier molecular flexibility index (Phi) is 7.09. The summed E-state index contributed by atoms with van der Waals surface area (Å²) in [6, 6.07) is 12.1. The van der Waals surface area contributed by atoms with Crippen LogP contribution < -0.4 is 10.6 Å². The number of carbonyl (C=O) groups excluding carboxylic acids is 1. The zero-order chi connectivity index (χ0) is 15.2. The third-order valence-electron chi connectivity index (χ3n) is 4.19. The molecule has 3 rings (SSSR count). The van der Waals surface area contributed by atoms with Gasteiger partial charge in [0.05, 0.1) is 4.88 Å². The second kappa shape index (κ2) is 9.06. The summed E-state index contributed by atoms with van der Waals surface area (Å²) in [6.07, 6.45) is 3.59. The van der Waals surface area contributed by atoms with E-state index in [1.807, 2.05) is 41.8 Å². The van der Waals surface area contributed by atoms with Gasteiger partial charge in [0.2, 0.25) is 0 Å². The number of hydrogen-bond donors (Lipinski definition) is 2. The van der Waals surface area contributed by atoms with Gasteiger partial charge in [-0.05, 0) is 55.3 Å².